The molecule has 4 rings (SSSR count). The fraction of sp³-hybridized carbons (Fsp3) is 0.895. The van der Waals surface area contributed by atoms with Gasteiger partial charge in [-0.15, -0.1) is 6.10 Å². The molecule has 0 spiro atoms. The van der Waals surface area contributed by atoms with Crippen LogP contribution in [-0.2, 0) is 14.6 Å². The molecule has 0 amide bonds. The van der Waals surface area contributed by atoms with Crippen LogP contribution in [0.4, 0.5) is 0 Å². The third-order valence-corrected chi connectivity index (χ3v) is 8.70. The largest absolute Gasteiger partial charge is 1.00 e. The Balaban J connectivity index is 0.00000196. The van der Waals surface area contributed by atoms with Crippen molar-refractivity contribution >= 4 is 10.4 Å². The molecule has 0 aromatic heterocycles. The summed E-state index contributed by atoms with van der Waals surface area (Å²) < 4.78 is 36.7. The van der Waals surface area contributed by atoms with Crippen molar-refractivity contribution in [2.45, 2.75) is 77.4 Å². The Morgan fingerprint density at radius 2 is 1.85 bits per heavy atom. The predicted molar refractivity (Wildman–Crippen MR) is 91.9 cm³/mol. The topological polar surface area (TPSA) is 86.7 Å². The zero-order chi connectivity index (χ0) is 18.0. The van der Waals surface area contributed by atoms with E-state index in [1.165, 1.54) is 5.57 Å². The van der Waals surface area contributed by atoms with Crippen molar-refractivity contribution in [2.75, 3.05) is 0 Å². The van der Waals surface area contributed by atoms with Crippen molar-refractivity contribution in [1.29, 1.82) is 0 Å². The minimum Gasteiger partial charge on any atom is -0.849 e. The van der Waals surface area contributed by atoms with Crippen molar-refractivity contribution in [1.82, 2.24) is 0 Å². The average molecular weight is 392 g/mol. The van der Waals surface area contributed by atoms with E-state index in [9.17, 15) is 13.5 Å². The van der Waals surface area contributed by atoms with Crippen LogP contribution in [0, 0.1) is 28.6 Å². The van der Waals surface area contributed by atoms with Gasteiger partial charge >= 0.3 is 40.0 Å². The molecule has 142 valence electrons. The molecule has 0 bridgehead atoms. The molecule has 4 aliphatic carbocycles. The Bertz CT molecular complexity index is 692. The Labute approximate surface area is 179 Å². The number of allylic oxidation sites excluding steroid dienone is 1. The summed E-state index contributed by atoms with van der Waals surface area (Å²) in [5.41, 5.74) is 1.35. The van der Waals surface area contributed by atoms with Crippen molar-refractivity contribution < 1.29 is 51.8 Å². The molecule has 4 aliphatic rings. The van der Waals surface area contributed by atoms with E-state index in [-0.39, 0.29) is 40.4 Å². The molecule has 26 heavy (non-hydrogen) atoms. The van der Waals surface area contributed by atoms with Crippen LogP contribution in [0.3, 0.4) is 0 Å². The molecule has 5 nitrogen and oxygen atoms in total. The molecule has 3 fully saturated rings. The third kappa shape index (κ3) is 3.38. The molecule has 7 heteroatoms. The Hall–Kier alpha value is 0.570. The standard InChI is InChI=1S/C19H29O5S.Na/c1-18-9-7-13(20)11-12(18)3-4-14-15-5-6-17(24-25(21,22)23)19(15,2)10-8-16(14)18;/h11,13-17H,3-10H2,1-2H3,(H,21,22,23);/q-1;+1/t13-,14+,15+,16+,17-,18+,19+;/m1./s1. The van der Waals surface area contributed by atoms with Crippen LogP contribution >= 0.6 is 0 Å². The van der Waals surface area contributed by atoms with Gasteiger partial charge in [0.1, 0.15) is 0 Å². The molecule has 3 saturated carbocycles. The third-order valence-electron chi connectivity index (χ3n) is 8.22. The minimum absolute atomic E-state index is 0. The van der Waals surface area contributed by atoms with Gasteiger partial charge in [0.15, 0.2) is 0 Å². The predicted octanol–water partition coefficient (Wildman–Crippen LogP) is -0.130. The summed E-state index contributed by atoms with van der Waals surface area (Å²) in [5, 5.41) is 11.9. The summed E-state index contributed by atoms with van der Waals surface area (Å²) in [6, 6.07) is 0. The fourth-order valence-electron chi connectivity index (χ4n) is 6.95. The second-order valence-electron chi connectivity index (χ2n) is 9.24. The molecular weight excluding hydrogens is 363 g/mol. The van der Waals surface area contributed by atoms with E-state index in [1.807, 2.05) is 6.08 Å². The molecule has 0 unspecified atom stereocenters. The zero-order valence-corrected chi connectivity index (χ0v) is 18.9. The molecule has 1 N–H and O–H groups in total. The maximum atomic E-state index is 11.9. The van der Waals surface area contributed by atoms with E-state index in [0.717, 1.165) is 44.9 Å². The smallest absolute Gasteiger partial charge is 0.849 e. The van der Waals surface area contributed by atoms with Crippen LogP contribution in [0.15, 0.2) is 11.6 Å². The molecular formula is C19H29NaO5S. The Kier molecular flexibility index (Phi) is 5.83. The quantitative estimate of drug-likeness (QED) is 0.402. The van der Waals surface area contributed by atoms with E-state index >= 15 is 0 Å². The second-order valence-corrected chi connectivity index (χ2v) is 10.3. The van der Waals surface area contributed by atoms with Gasteiger partial charge in [0.05, 0.1) is 6.10 Å². The first-order valence-electron chi connectivity index (χ1n) is 9.66. The Morgan fingerprint density at radius 3 is 2.54 bits per heavy atom. The van der Waals surface area contributed by atoms with Gasteiger partial charge in [-0.05, 0) is 73.5 Å². The van der Waals surface area contributed by atoms with Crippen molar-refractivity contribution in [3.05, 3.63) is 11.6 Å². The van der Waals surface area contributed by atoms with Crippen molar-refractivity contribution in [2.24, 2.45) is 28.6 Å². The number of rotatable bonds is 2. The van der Waals surface area contributed by atoms with Gasteiger partial charge in [-0.3, -0.25) is 4.55 Å². The SMILES string of the molecule is C[C@]12CC[C@H]3[C@@H](CCC4=C[C@H]([O-])CC[C@@]43C)[C@@H]1CC[C@H]2OS(=O)(=O)O.[Na+]. The number of hydrogen-bond donors (Lipinski definition) is 1. The molecule has 7 atom stereocenters. The van der Waals surface area contributed by atoms with E-state index in [0.29, 0.717) is 24.2 Å². The second kappa shape index (κ2) is 7.12. The molecule has 0 saturated heterocycles. The van der Waals surface area contributed by atoms with Gasteiger partial charge in [0, 0.05) is 0 Å². The first kappa shape index (κ1) is 21.3. The van der Waals surface area contributed by atoms with Crippen molar-refractivity contribution in [3.8, 4) is 0 Å². The normalized spacial score (nSPS) is 47.8. The van der Waals surface area contributed by atoms with Crippen LogP contribution in [-0.4, -0.2) is 25.2 Å². The van der Waals surface area contributed by atoms with Crippen LogP contribution in [0.1, 0.15) is 65.2 Å². The van der Waals surface area contributed by atoms with Crippen molar-refractivity contribution in [3.63, 3.8) is 0 Å². The minimum atomic E-state index is -4.41. The molecule has 0 heterocycles. The number of fused-ring (bicyclic) bond motifs is 5. The van der Waals surface area contributed by atoms with Gasteiger partial charge in [-0.25, -0.2) is 4.18 Å². The van der Waals surface area contributed by atoms with E-state index < -0.39 is 22.6 Å². The van der Waals surface area contributed by atoms with E-state index in [4.69, 9.17) is 8.74 Å². The summed E-state index contributed by atoms with van der Waals surface area (Å²) >= 11 is 0. The van der Waals surface area contributed by atoms with Crippen LogP contribution in [0.2, 0.25) is 0 Å². The van der Waals surface area contributed by atoms with Gasteiger partial charge < -0.3 is 5.11 Å². The van der Waals surface area contributed by atoms with Gasteiger partial charge in [0.2, 0.25) is 0 Å². The summed E-state index contributed by atoms with van der Waals surface area (Å²) in [7, 11) is -4.41. The first-order chi connectivity index (χ1) is 11.6. The first-order valence-corrected chi connectivity index (χ1v) is 11.0. The molecule has 0 aromatic carbocycles. The maximum Gasteiger partial charge on any atom is 1.00 e. The van der Waals surface area contributed by atoms with E-state index in [2.05, 4.69) is 13.8 Å². The average Bonchev–Trinajstić information content (AvgIpc) is 2.83. The monoisotopic (exact) mass is 392 g/mol. The van der Waals surface area contributed by atoms with Crippen LogP contribution < -0.4 is 34.7 Å². The van der Waals surface area contributed by atoms with Gasteiger partial charge in [-0.2, -0.15) is 8.42 Å². The molecule has 0 radical (unpaired) electrons. The number of hydrogen-bond acceptors (Lipinski definition) is 4. The summed E-state index contributed by atoms with van der Waals surface area (Å²) in [6.07, 6.45) is 8.54. The summed E-state index contributed by atoms with van der Waals surface area (Å²) in [6.45, 7) is 4.50. The van der Waals surface area contributed by atoms with Gasteiger partial charge in [0.25, 0.3) is 0 Å². The summed E-state index contributed by atoms with van der Waals surface area (Å²) in [5.74, 6) is 1.60. The van der Waals surface area contributed by atoms with E-state index in [1.54, 1.807) is 0 Å². The van der Waals surface area contributed by atoms with Gasteiger partial charge in [-0.1, -0.05) is 31.9 Å². The fourth-order valence-corrected chi connectivity index (χ4v) is 7.56. The summed E-state index contributed by atoms with van der Waals surface area (Å²) in [4.78, 5) is 0. The maximum absolute atomic E-state index is 11.9. The Morgan fingerprint density at radius 1 is 1.12 bits per heavy atom. The van der Waals surface area contributed by atoms with Crippen LogP contribution in [0.5, 0.6) is 0 Å². The molecule has 0 aliphatic heterocycles. The van der Waals surface area contributed by atoms with Crippen LogP contribution in [0.25, 0.3) is 0 Å². The molecule has 0 aromatic rings. The zero-order valence-electron chi connectivity index (χ0n) is 16.1.